The maximum Gasteiger partial charge on any atom is 0.329 e. The average Bonchev–Trinajstić information content (AvgIpc) is 2.71. The second-order valence-corrected chi connectivity index (χ2v) is 3.38. The topological polar surface area (TPSA) is 65.0 Å². The van der Waals surface area contributed by atoms with E-state index in [1.165, 1.54) is 0 Å². The minimum absolute atomic E-state index is 0.258. The molecule has 0 amide bonds. The molecule has 16 heavy (non-hydrogen) atoms. The molecule has 1 aromatic carbocycles. The molecular weight excluding hydrogens is 212 g/mol. The van der Waals surface area contributed by atoms with Crippen LogP contribution in [0.4, 0.5) is 0 Å². The van der Waals surface area contributed by atoms with Gasteiger partial charge in [0.25, 0.3) is 0 Å². The first-order chi connectivity index (χ1) is 7.75. The second kappa shape index (κ2) is 4.85. The summed E-state index contributed by atoms with van der Waals surface area (Å²) < 4.78 is 15.4. The third-order valence-corrected chi connectivity index (χ3v) is 2.20. The molecule has 0 unspecified atom stereocenters. The van der Waals surface area contributed by atoms with Gasteiger partial charge in [-0.3, -0.25) is 0 Å². The van der Waals surface area contributed by atoms with Crippen molar-refractivity contribution >= 4 is 5.97 Å². The summed E-state index contributed by atoms with van der Waals surface area (Å²) in [5.74, 6) is 0.525. The van der Waals surface area contributed by atoms with Crippen molar-refractivity contribution in [3.8, 4) is 11.5 Å². The van der Waals surface area contributed by atoms with Crippen LogP contribution in [0.15, 0.2) is 18.2 Å². The van der Waals surface area contributed by atoms with Gasteiger partial charge in [-0.2, -0.15) is 0 Å². The average molecular weight is 224 g/mol. The number of rotatable bonds is 5. The number of benzene rings is 1. The van der Waals surface area contributed by atoms with Crippen LogP contribution in [0.25, 0.3) is 0 Å². The monoisotopic (exact) mass is 224 g/mol. The van der Waals surface area contributed by atoms with Gasteiger partial charge in [0.2, 0.25) is 6.79 Å². The van der Waals surface area contributed by atoms with Crippen LogP contribution < -0.4 is 9.47 Å². The van der Waals surface area contributed by atoms with Crippen molar-refractivity contribution < 1.29 is 24.1 Å². The Labute approximate surface area is 92.5 Å². The van der Waals surface area contributed by atoms with Crippen LogP contribution in [-0.2, 0) is 16.0 Å². The molecule has 1 aromatic rings. The Morgan fingerprint density at radius 1 is 1.38 bits per heavy atom. The van der Waals surface area contributed by atoms with Gasteiger partial charge in [0.1, 0.15) is 6.61 Å². The molecule has 0 aromatic heterocycles. The van der Waals surface area contributed by atoms with Gasteiger partial charge in [0.05, 0.1) is 6.61 Å². The molecule has 0 bridgehead atoms. The highest BCUT2D eigenvalue weighted by Gasteiger charge is 2.12. The molecule has 0 fully saturated rings. The van der Waals surface area contributed by atoms with Crippen LogP contribution >= 0.6 is 0 Å². The summed E-state index contributed by atoms with van der Waals surface area (Å²) in [4.78, 5) is 10.2. The molecule has 1 N–H and O–H groups in total. The summed E-state index contributed by atoms with van der Waals surface area (Å²) >= 11 is 0. The summed E-state index contributed by atoms with van der Waals surface area (Å²) in [5, 5.41) is 8.38. The predicted molar refractivity (Wildman–Crippen MR) is 54.7 cm³/mol. The molecule has 0 saturated heterocycles. The van der Waals surface area contributed by atoms with Gasteiger partial charge in [-0.1, -0.05) is 6.07 Å². The van der Waals surface area contributed by atoms with Crippen LogP contribution in [0.3, 0.4) is 0 Å². The van der Waals surface area contributed by atoms with Crippen LogP contribution in [0.2, 0.25) is 0 Å². The van der Waals surface area contributed by atoms with Crippen LogP contribution in [0.5, 0.6) is 11.5 Å². The number of hydrogen-bond donors (Lipinski definition) is 1. The van der Waals surface area contributed by atoms with E-state index in [0.717, 1.165) is 17.1 Å². The SMILES string of the molecule is O=C(O)COCCc1ccc2c(c1)OCO2. The van der Waals surface area contributed by atoms with Crippen LogP contribution in [-0.4, -0.2) is 31.1 Å². The maximum atomic E-state index is 10.2. The second-order valence-electron chi connectivity index (χ2n) is 3.38. The number of ether oxygens (including phenoxy) is 3. The quantitative estimate of drug-likeness (QED) is 0.757. The molecular formula is C11H12O5. The fourth-order valence-corrected chi connectivity index (χ4v) is 1.45. The first-order valence-electron chi connectivity index (χ1n) is 4.94. The van der Waals surface area contributed by atoms with E-state index >= 15 is 0 Å². The fourth-order valence-electron chi connectivity index (χ4n) is 1.45. The summed E-state index contributed by atoms with van der Waals surface area (Å²) in [6.45, 7) is 0.380. The van der Waals surface area contributed by atoms with Crippen LogP contribution in [0.1, 0.15) is 5.56 Å². The van der Waals surface area contributed by atoms with Crippen molar-refractivity contribution in [3.63, 3.8) is 0 Å². The van der Waals surface area contributed by atoms with E-state index in [4.69, 9.17) is 19.3 Å². The third kappa shape index (κ3) is 2.64. The van der Waals surface area contributed by atoms with Crippen molar-refractivity contribution in [2.75, 3.05) is 20.0 Å². The molecule has 5 nitrogen and oxygen atoms in total. The Morgan fingerprint density at radius 2 is 2.19 bits per heavy atom. The normalized spacial score (nSPS) is 12.8. The van der Waals surface area contributed by atoms with E-state index in [1.54, 1.807) is 0 Å². The molecule has 1 heterocycles. The summed E-state index contributed by atoms with van der Waals surface area (Å²) in [6.07, 6.45) is 0.657. The fraction of sp³-hybridized carbons (Fsp3) is 0.364. The Hall–Kier alpha value is -1.75. The molecule has 86 valence electrons. The van der Waals surface area contributed by atoms with Gasteiger partial charge in [-0.05, 0) is 24.1 Å². The highest BCUT2D eigenvalue weighted by Crippen LogP contribution is 2.32. The smallest absolute Gasteiger partial charge is 0.329 e. The van der Waals surface area contributed by atoms with Crippen molar-refractivity contribution in [1.82, 2.24) is 0 Å². The molecule has 2 rings (SSSR count). The number of carboxylic acid groups (broad SMARTS) is 1. The van der Waals surface area contributed by atoms with Crippen molar-refractivity contribution in [2.45, 2.75) is 6.42 Å². The number of aliphatic carboxylic acids is 1. The molecule has 0 saturated carbocycles. The minimum Gasteiger partial charge on any atom is -0.480 e. The third-order valence-electron chi connectivity index (χ3n) is 2.20. The Morgan fingerprint density at radius 3 is 3.00 bits per heavy atom. The molecule has 0 spiro atoms. The number of hydrogen-bond acceptors (Lipinski definition) is 4. The van der Waals surface area contributed by atoms with Gasteiger partial charge in [-0.15, -0.1) is 0 Å². The molecule has 0 atom stereocenters. The largest absolute Gasteiger partial charge is 0.480 e. The van der Waals surface area contributed by atoms with Crippen LogP contribution in [0, 0.1) is 0 Å². The van der Waals surface area contributed by atoms with E-state index in [-0.39, 0.29) is 13.4 Å². The Bertz CT molecular complexity index is 388. The zero-order chi connectivity index (χ0) is 11.4. The lowest BCUT2D eigenvalue weighted by molar-refractivity contribution is -0.142. The van der Waals surface area contributed by atoms with Gasteiger partial charge in [0, 0.05) is 0 Å². The standard InChI is InChI=1S/C11H12O5/c12-11(13)6-14-4-3-8-1-2-9-10(5-8)16-7-15-9/h1-2,5H,3-4,6-7H2,(H,12,13). The van der Waals surface area contributed by atoms with E-state index < -0.39 is 5.97 Å². The molecule has 0 radical (unpaired) electrons. The summed E-state index contributed by atoms with van der Waals surface area (Å²) in [7, 11) is 0. The maximum absolute atomic E-state index is 10.2. The van der Waals surface area contributed by atoms with Gasteiger partial charge < -0.3 is 19.3 Å². The zero-order valence-corrected chi connectivity index (χ0v) is 8.64. The number of fused-ring (bicyclic) bond motifs is 1. The lowest BCUT2D eigenvalue weighted by Crippen LogP contribution is -2.08. The van der Waals surface area contributed by atoms with Gasteiger partial charge in [0.15, 0.2) is 11.5 Å². The minimum atomic E-state index is -0.953. The molecule has 1 aliphatic heterocycles. The molecule has 1 aliphatic rings. The summed E-state index contributed by atoms with van der Waals surface area (Å²) in [6, 6.07) is 5.64. The highest BCUT2D eigenvalue weighted by atomic mass is 16.7. The van der Waals surface area contributed by atoms with E-state index in [0.29, 0.717) is 13.0 Å². The zero-order valence-electron chi connectivity index (χ0n) is 8.64. The first-order valence-corrected chi connectivity index (χ1v) is 4.94. The molecule has 5 heteroatoms. The van der Waals surface area contributed by atoms with Crippen molar-refractivity contribution in [3.05, 3.63) is 23.8 Å². The predicted octanol–water partition coefficient (Wildman–Crippen LogP) is 1.06. The van der Waals surface area contributed by atoms with E-state index in [9.17, 15) is 4.79 Å². The van der Waals surface area contributed by atoms with Crippen molar-refractivity contribution in [2.24, 2.45) is 0 Å². The van der Waals surface area contributed by atoms with E-state index in [1.807, 2.05) is 18.2 Å². The van der Waals surface area contributed by atoms with Gasteiger partial charge in [-0.25, -0.2) is 4.79 Å². The van der Waals surface area contributed by atoms with Crippen molar-refractivity contribution in [1.29, 1.82) is 0 Å². The van der Waals surface area contributed by atoms with E-state index in [2.05, 4.69) is 0 Å². The Kier molecular flexibility index (Phi) is 3.26. The summed E-state index contributed by atoms with van der Waals surface area (Å²) in [5.41, 5.74) is 1.04. The number of carbonyl (C=O) groups is 1. The Balaban J connectivity index is 1.83. The molecule has 0 aliphatic carbocycles. The van der Waals surface area contributed by atoms with Gasteiger partial charge >= 0.3 is 5.97 Å². The highest BCUT2D eigenvalue weighted by molar-refractivity contribution is 5.67. The lowest BCUT2D eigenvalue weighted by atomic mass is 10.1. The number of carboxylic acids is 1. The lowest BCUT2D eigenvalue weighted by Gasteiger charge is -2.03. The first kappa shape index (κ1) is 10.8.